The highest BCUT2D eigenvalue weighted by Crippen LogP contribution is 2.24. The van der Waals surface area contributed by atoms with Crippen molar-refractivity contribution >= 4 is 29.1 Å². The number of halogens is 1. The maximum Gasteiger partial charge on any atom is 0.253 e. The second-order valence-corrected chi connectivity index (χ2v) is 6.38. The van der Waals surface area contributed by atoms with Crippen molar-refractivity contribution in [1.29, 1.82) is 0 Å². The van der Waals surface area contributed by atoms with E-state index in [2.05, 4.69) is 10.6 Å². The summed E-state index contributed by atoms with van der Waals surface area (Å²) in [5.74, 6) is -2.49. The van der Waals surface area contributed by atoms with Gasteiger partial charge >= 0.3 is 0 Å². The fraction of sp³-hybridized carbons (Fsp3) is 0.471. The van der Waals surface area contributed by atoms with Crippen LogP contribution >= 0.6 is 0 Å². The standard InChI is InChI=1S/C17H21FN4O4/c18-12-8-11(22-6-7-26-9-14(22)23)4-5-13(12)21-17(25)15(16(19)24)20-10-2-1-3-10/h4-5,8,10,15,20H,1-3,6-7,9H2,(H2,19,24)(H,21,25). The van der Waals surface area contributed by atoms with Crippen molar-refractivity contribution in [2.45, 2.75) is 31.3 Å². The number of rotatable bonds is 6. The maximum atomic E-state index is 14.4. The van der Waals surface area contributed by atoms with Crippen LogP contribution in [0.4, 0.5) is 15.8 Å². The van der Waals surface area contributed by atoms with Crippen molar-refractivity contribution in [3.05, 3.63) is 24.0 Å². The summed E-state index contributed by atoms with van der Waals surface area (Å²) in [6.45, 7) is 0.658. The van der Waals surface area contributed by atoms with Gasteiger partial charge in [-0.25, -0.2) is 4.39 Å². The van der Waals surface area contributed by atoms with Crippen LogP contribution in [0, 0.1) is 5.82 Å². The molecule has 0 bridgehead atoms. The van der Waals surface area contributed by atoms with Crippen molar-refractivity contribution in [3.8, 4) is 0 Å². The number of amides is 3. The molecule has 3 amide bonds. The molecule has 3 rings (SSSR count). The Hall–Kier alpha value is -2.52. The number of ether oxygens (including phenoxy) is 1. The number of carbonyl (C=O) groups is 3. The smallest absolute Gasteiger partial charge is 0.253 e. The third-order valence-electron chi connectivity index (χ3n) is 4.56. The number of carbonyl (C=O) groups excluding carboxylic acids is 3. The Balaban J connectivity index is 1.69. The highest BCUT2D eigenvalue weighted by atomic mass is 19.1. The molecule has 1 aromatic carbocycles. The third kappa shape index (κ3) is 4.00. The number of hydrogen-bond donors (Lipinski definition) is 3. The quantitative estimate of drug-likeness (QED) is 0.621. The summed E-state index contributed by atoms with van der Waals surface area (Å²) in [6.07, 6.45) is 2.77. The monoisotopic (exact) mass is 364 g/mol. The topological polar surface area (TPSA) is 114 Å². The molecule has 1 aromatic rings. The van der Waals surface area contributed by atoms with Gasteiger partial charge in [0.1, 0.15) is 12.4 Å². The molecule has 4 N–H and O–H groups in total. The molecule has 1 saturated heterocycles. The van der Waals surface area contributed by atoms with Crippen molar-refractivity contribution < 1.29 is 23.5 Å². The van der Waals surface area contributed by atoms with Gasteiger partial charge in [0.15, 0.2) is 6.04 Å². The zero-order chi connectivity index (χ0) is 18.7. The summed E-state index contributed by atoms with van der Waals surface area (Å²) in [5.41, 5.74) is 5.58. The van der Waals surface area contributed by atoms with Crippen molar-refractivity contribution in [2.75, 3.05) is 30.0 Å². The molecule has 2 fully saturated rings. The molecule has 1 atom stereocenters. The zero-order valence-corrected chi connectivity index (χ0v) is 14.2. The van der Waals surface area contributed by atoms with E-state index in [9.17, 15) is 18.8 Å². The highest BCUT2D eigenvalue weighted by molar-refractivity contribution is 6.09. The van der Waals surface area contributed by atoms with Crippen LogP contribution in [-0.4, -0.2) is 49.6 Å². The largest absolute Gasteiger partial charge is 0.370 e. The zero-order valence-electron chi connectivity index (χ0n) is 14.2. The Labute approximate surface area is 149 Å². The molecular formula is C17H21FN4O4. The molecule has 1 heterocycles. The molecule has 8 nitrogen and oxygen atoms in total. The van der Waals surface area contributed by atoms with Crippen LogP contribution in [0.1, 0.15) is 19.3 Å². The van der Waals surface area contributed by atoms with Crippen LogP contribution in [0.2, 0.25) is 0 Å². The SMILES string of the molecule is NC(=O)C(NC1CCC1)C(=O)Nc1ccc(N2CCOCC2=O)cc1F. The first kappa shape index (κ1) is 18.3. The van der Waals surface area contributed by atoms with E-state index in [-0.39, 0.29) is 24.2 Å². The lowest BCUT2D eigenvalue weighted by atomic mass is 9.92. The molecule has 1 unspecified atom stereocenters. The number of nitrogens with zero attached hydrogens (tertiary/aromatic N) is 1. The second-order valence-electron chi connectivity index (χ2n) is 6.38. The summed E-state index contributed by atoms with van der Waals surface area (Å²) >= 11 is 0. The Morgan fingerprint density at radius 2 is 2.12 bits per heavy atom. The molecule has 2 aliphatic rings. The summed E-state index contributed by atoms with van der Waals surface area (Å²) < 4.78 is 19.4. The van der Waals surface area contributed by atoms with E-state index in [4.69, 9.17) is 10.5 Å². The number of nitrogens with two attached hydrogens (primary N) is 1. The minimum Gasteiger partial charge on any atom is -0.370 e. The van der Waals surface area contributed by atoms with Crippen LogP contribution in [-0.2, 0) is 19.1 Å². The van der Waals surface area contributed by atoms with Gasteiger partial charge in [0.05, 0.1) is 12.3 Å². The van der Waals surface area contributed by atoms with Gasteiger partial charge in [-0.3, -0.25) is 19.7 Å². The van der Waals surface area contributed by atoms with E-state index in [0.29, 0.717) is 18.8 Å². The first-order chi connectivity index (χ1) is 12.5. The molecule has 0 spiro atoms. The predicted octanol–water partition coefficient (Wildman–Crippen LogP) is 0.123. The van der Waals surface area contributed by atoms with Gasteiger partial charge < -0.3 is 20.7 Å². The van der Waals surface area contributed by atoms with Gasteiger partial charge in [-0.05, 0) is 31.0 Å². The summed E-state index contributed by atoms with van der Waals surface area (Å²) in [5, 5.41) is 5.27. The van der Waals surface area contributed by atoms with Crippen LogP contribution < -0.4 is 21.3 Å². The number of anilines is 2. The lowest BCUT2D eigenvalue weighted by Gasteiger charge is -2.29. The molecule has 1 aliphatic carbocycles. The van der Waals surface area contributed by atoms with Gasteiger partial charge in [-0.2, -0.15) is 0 Å². The minimum absolute atomic E-state index is 0.0484. The first-order valence-electron chi connectivity index (χ1n) is 8.49. The van der Waals surface area contributed by atoms with E-state index in [1.165, 1.54) is 17.0 Å². The molecule has 9 heteroatoms. The molecule has 140 valence electrons. The molecule has 0 radical (unpaired) electrons. The number of nitrogens with one attached hydrogen (secondary N) is 2. The van der Waals surface area contributed by atoms with Crippen LogP contribution in [0.3, 0.4) is 0 Å². The lowest BCUT2D eigenvalue weighted by Crippen LogP contribution is -2.54. The Morgan fingerprint density at radius 3 is 2.69 bits per heavy atom. The van der Waals surface area contributed by atoms with E-state index < -0.39 is 23.7 Å². The minimum atomic E-state index is -1.22. The molecule has 0 aromatic heterocycles. The average Bonchev–Trinajstić information content (AvgIpc) is 2.55. The maximum absolute atomic E-state index is 14.4. The van der Waals surface area contributed by atoms with Crippen molar-refractivity contribution in [1.82, 2.24) is 5.32 Å². The average molecular weight is 364 g/mol. The summed E-state index contributed by atoms with van der Waals surface area (Å²) in [7, 11) is 0. The fourth-order valence-corrected chi connectivity index (χ4v) is 2.87. The van der Waals surface area contributed by atoms with E-state index in [0.717, 1.165) is 25.3 Å². The van der Waals surface area contributed by atoms with Gasteiger partial charge in [0, 0.05) is 18.3 Å². The number of benzene rings is 1. The lowest BCUT2D eigenvalue weighted by molar-refractivity contribution is -0.128. The molecular weight excluding hydrogens is 343 g/mol. The van der Waals surface area contributed by atoms with Gasteiger partial charge in [-0.1, -0.05) is 6.42 Å². The first-order valence-corrected chi connectivity index (χ1v) is 8.49. The van der Waals surface area contributed by atoms with Gasteiger partial charge in [0.25, 0.3) is 11.8 Å². The number of primary amides is 1. The van der Waals surface area contributed by atoms with E-state index >= 15 is 0 Å². The van der Waals surface area contributed by atoms with E-state index in [1.54, 1.807) is 0 Å². The molecule has 26 heavy (non-hydrogen) atoms. The number of hydrogen-bond acceptors (Lipinski definition) is 5. The normalized spacial score (nSPS) is 19.0. The molecule has 1 aliphatic heterocycles. The Morgan fingerprint density at radius 1 is 1.35 bits per heavy atom. The van der Waals surface area contributed by atoms with Crippen LogP contribution in [0.15, 0.2) is 18.2 Å². The third-order valence-corrected chi connectivity index (χ3v) is 4.56. The Bertz CT molecular complexity index is 723. The second kappa shape index (κ2) is 7.79. The van der Waals surface area contributed by atoms with E-state index in [1.807, 2.05) is 0 Å². The Kier molecular flexibility index (Phi) is 5.48. The van der Waals surface area contributed by atoms with Crippen molar-refractivity contribution in [2.24, 2.45) is 5.73 Å². The summed E-state index contributed by atoms with van der Waals surface area (Å²) in [4.78, 5) is 37.1. The van der Waals surface area contributed by atoms with Crippen LogP contribution in [0.5, 0.6) is 0 Å². The van der Waals surface area contributed by atoms with Crippen molar-refractivity contribution in [3.63, 3.8) is 0 Å². The summed E-state index contributed by atoms with van der Waals surface area (Å²) in [6, 6.07) is 2.89. The number of morpholine rings is 1. The highest BCUT2D eigenvalue weighted by Gasteiger charge is 2.30. The van der Waals surface area contributed by atoms with Crippen LogP contribution in [0.25, 0.3) is 0 Å². The van der Waals surface area contributed by atoms with Gasteiger partial charge in [0.2, 0.25) is 5.91 Å². The predicted molar refractivity (Wildman–Crippen MR) is 92.0 cm³/mol. The van der Waals surface area contributed by atoms with Gasteiger partial charge in [-0.15, -0.1) is 0 Å². The fourth-order valence-electron chi connectivity index (χ4n) is 2.87. The molecule has 1 saturated carbocycles.